The summed E-state index contributed by atoms with van der Waals surface area (Å²) in [5.41, 5.74) is 7.65. The van der Waals surface area contributed by atoms with Crippen LogP contribution in [-0.2, 0) is 21.1 Å². The molecule has 124 valence electrons. The number of hydrogen-bond acceptors (Lipinski definition) is 3. The van der Waals surface area contributed by atoms with E-state index in [2.05, 4.69) is 67.0 Å². The fourth-order valence-electron chi connectivity index (χ4n) is 2.24. The summed E-state index contributed by atoms with van der Waals surface area (Å²) in [6.45, 7) is 12.6. The molecule has 0 saturated carbocycles. The van der Waals surface area contributed by atoms with Crippen LogP contribution in [0.25, 0.3) is 11.4 Å². The molecule has 0 unspecified atom stereocenters. The number of hydrogen-bond donors (Lipinski definition) is 1. The fourth-order valence-corrected chi connectivity index (χ4v) is 2.24. The van der Waals surface area contributed by atoms with Gasteiger partial charge in [-0.25, -0.2) is 4.98 Å². The van der Waals surface area contributed by atoms with Gasteiger partial charge in [0.05, 0.1) is 0 Å². The minimum Gasteiger partial charge on any atom is -0.394 e. The number of aromatic nitrogens is 4. The van der Waals surface area contributed by atoms with Crippen molar-refractivity contribution in [2.75, 3.05) is 0 Å². The molecular formula is C19H22N4W. The quantitative estimate of drug-likeness (QED) is 0.525. The van der Waals surface area contributed by atoms with Crippen LogP contribution in [0.15, 0.2) is 18.3 Å². The predicted molar refractivity (Wildman–Crippen MR) is 92.1 cm³/mol. The van der Waals surface area contributed by atoms with Crippen molar-refractivity contribution in [3.05, 3.63) is 64.2 Å². The zero-order valence-corrected chi connectivity index (χ0v) is 17.9. The van der Waals surface area contributed by atoms with Crippen molar-refractivity contribution in [2.45, 2.75) is 41.5 Å². The van der Waals surface area contributed by atoms with E-state index in [9.17, 15) is 0 Å². The van der Waals surface area contributed by atoms with Gasteiger partial charge in [-0.3, -0.25) is 5.10 Å². The third-order valence-electron chi connectivity index (χ3n) is 4.10. The van der Waals surface area contributed by atoms with Crippen LogP contribution in [0.5, 0.6) is 0 Å². The van der Waals surface area contributed by atoms with Crippen molar-refractivity contribution in [2.24, 2.45) is 0 Å². The minimum absolute atomic E-state index is 0. The summed E-state index contributed by atoms with van der Waals surface area (Å²) in [7, 11) is 0. The summed E-state index contributed by atoms with van der Waals surface area (Å²) in [6.07, 6.45) is 4.38. The van der Waals surface area contributed by atoms with Crippen LogP contribution in [0, 0.1) is 53.8 Å². The molecule has 0 aliphatic carbocycles. The molecule has 0 amide bonds. The molecule has 0 atom stereocenters. The van der Waals surface area contributed by atoms with Crippen LogP contribution in [0.3, 0.4) is 0 Å². The normalized spacial score (nSPS) is 9.75. The maximum absolute atomic E-state index is 4.16. The van der Waals surface area contributed by atoms with Crippen LogP contribution >= 0.6 is 0 Å². The van der Waals surface area contributed by atoms with E-state index in [1.165, 1.54) is 27.8 Å². The molecule has 3 aromatic rings. The van der Waals surface area contributed by atoms with Crippen molar-refractivity contribution < 1.29 is 21.1 Å². The molecule has 0 aliphatic heterocycles. The Bertz CT molecular complexity index is 768. The van der Waals surface area contributed by atoms with E-state index in [4.69, 9.17) is 0 Å². The van der Waals surface area contributed by atoms with Gasteiger partial charge in [0.2, 0.25) is 0 Å². The first kappa shape index (κ1) is 20.2. The maximum Gasteiger partial charge on any atom is 2.00 e. The van der Waals surface area contributed by atoms with Gasteiger partial charge in [0.15, 0.2) is 5.82 Å². The first-order valence-corrected chi connectivity index (χ1v) is 7.58. The summed E-state index contributed by atoms with van der Waals surface area (Å²) in [5.74, 6) is 1.48. The Morgan fingerprint density at radius 2 is 1.54 bits per heavy atom. The third-order valence-corrected chi connectivity index (χ3v) is 4.10. The summed E-state index contributed by atoms with van der Waals surface area (Å²) < 4.78 is 0. The Labute approximate surface area is 158 Å². The summed E-state index contributed by atoms with van der Waals surface area (Å²) >= 11 is 0. The first-order chi connectivity index (χ1) is 10.9. The summed E-state index contributed by atoms with van der Waals surface area (Å²) in [5, 5.41) is 6.76. The van der Waals surface area contributed by atoms with Crippen LogP contribution in [-0.4, -0.2) is 20.2 Å². The van der Waals surface area contributed by atoms with Crippen molar-refractivity contribution in [1.82, 2.24) is 20.2 Å². The van der Waals surface area contributed by atoms with Gasteiger partial charge >= 0.3 is 21.1 Å². The Morgan fingerprint density at radius 3 is 2.00 bits per heavy atom. The van der Waals surface area contributed by atoms with Crippen molar-refractivity contribution >= 4 is 0 Å². The number of nitrogens with zero attached hydrogens (tertiary/aromatic N) is 3. The van der Waals surface area contributed by atoms with E-state index < -0.39 is 0 Å². The number of H-pyrrole nitrogens is 1. The van der Waals surface area contributed by atoms with E-state index in [1.807, 2.05) is 13.0 Å². The zero-order valence-electron chi connectivity index (χ0n) is 15.0. The van der Waals surface area contributed by atoms with Crippen molar-refractivity contribution in [1.29, 1.82) is 0 Å². The molecule has 0 spiro atoms. The Hall–Kier alpha value is -1.80. The average Bonchev–Trinajstić information content (AvgIpc) is 2.99. The molecule has 1 N–H and O–H groups in total. The molecule has 24 heavy (non-hydrogen) atoms. The molecule has 1 aromatic carbocycles. The average molecular weight is 490 g/mol. The smallest absolute Gasteiger partial charge is 0.394 e. The number of pyridine rings is 1. The third kappa shape index (κ3) is 4.85. The molecular weight excluding hydrogens is 468 g/mol. The summed E-state index contributed by atoms with van der Waals surface area (Å²) in [6, 6.07) is 6.96. The molecule has 2 heterocycles. The second kappa shape index (κ2) is 8.89. The molecule has 0 fully saturated rings. The maximum atomic E-state index is 4.16. The Kier molecular flexibility index (Phi) is 7.49. The second-order valence-electron chi connectivity index (χ2n) is 5.67. The minimum atomic E-state index is 0. The molecule has 0 saturated heterocycles. The molecule has 0 radical (unpaired) electrons. The van der Waals surface area contributed by atoms with Crippen molar-refractivity contribution in [3.8, 4) is 11.4 Å². The topological polar surface area (TPSA) is 54.5 Å². The molecule has 0 bridgehead atoms. The number of aromatic amines is 1. The molecule has 4 nitrogen and oxygen atoms in total. The summed E-state index contributed by atoms with van der Waals surface area (Å²) in [4.78, 5) is 8.01. The molecule has 2 aromatic heterocycles. The second-order valence-corrected chi connectivity index (χ2v) is 5.67. The van der Waals surface area contributed by atoms with Crippen LogP contribution in [0.2, 0.25) is 0 Å². The largest absolute Gasteiger partial charge is 2.00 e. The number of nitrogens with one attached hydrogen (secondary N) is 1. The monoisotopic (exact) mass is 490 g/mol. The van der Waals surface area contributed by atoms with E-state index in [-0.39, 0.29) is 21.1 Å². The van der Waals surface area contributed by atoms with Gasteiger partial charge in [-0.05, 0) is 6.92 Å². The number of benzene rings is 1. The van der Waals surface area contributed by atoms with Crippen LogP contribution < -0.4 is 0 Å². The van der Waals surface area contributed by atoms with Gasteiger partial charge in [0, 0.05) is 0 Å². The molecule has 3 rings (SSSR count). The Balaban J connectivity index is 0.000000232. The van der Waals surface area contributed by atoms with Crippen LogP contribution in [0.1, 0.15) is 33.6 Å². The van der Waals surface area contributed by atoms with Gasteiger partial charge in [-0.2, -0.15) is 51.1 Å². The van der Waals surface area contributed by atoms with Gasteiger partial charge in [-0.15, -0.1) is 0 Å². The molecule has 0 aliphatic rings. The fraction of sp³-hybridized carbons (Fsp3) is 0.316. The molecule has 5 heteroatoms. The van der Waals surface area contributed by atoms with Gasteiger partial charge in [0.25, 0.3) is 0 Å². The zero-order chi connectivity index (χ0) is 17.0. The van der Waals surface area contributed by atoms with Gasteiger partial charge < -0.3 is 4.98 Å². The van der Waals surface area contributed by atoms with E-state index in [0.29, 0.717) is 5.82 Å². The van der Waals surface area contributed by atoms with Gasteiger partial charge in [-0.1, -0.05) is 52.6 Å². The van der Waals surface area contributed by atoms with Crippen LogP contribution in [0.4, 0.5) is 0 Å². The predicted octanol–water partition coefficient (Wildman–Crippen LogP) is 4.00. The number of aryl methyl sites for hydroxylation is 3. The first-order valence-electron chi connectivity index (χ1n) is 7.58. The van der Waals surface area contributed by atoms with E-state index in [1.54, 1.807) is 12.3 Å². The Morgan fingerprint density at radius 1 is 0.917 bits per heavy atom. The standard InChI is InChI=1S/C11H15.C8H7N4.W/c1-7-6-8(2)10(4)11(5)9(7)3;1-6-10-8(12-11-6)7-3-2-4-9-5-7;/h1-5H3;2-3,5H,1H3,(H,10,11,12);/q2*-1;+2. The van der Waals surface area contributed by atoms with E-state index in [0.717, 1.165) is 11.4 Å². The van der Waals surface area contributed by atoms with Crippen molar-refractivity contribution in [3.63, 3.8) is 0 Å². The van der Waals surface area contributed by atoms with Gasteiger partial charge in [0.1, 0.15) is 5.82 Å². The SMILES string of the molecule is Cc1[c-]c(C)c(C)c(C)c1C.Cc1nc(-c2cc[c-]nc2)n[nH]1.[W+2]. The number of rotatable bonds is 1. The van der Waals surface area contributed by atoms with E-state index >= 15 is 0 Å².